The van der Waals surface area contributed by atoms with Crippen LogP contribution in [0.2, 0.25) is 0 Å². The van der Waals surface area contributed by atoms with E-state index in [0.717, 1.165) is 5.92 Å². The molecular formula is C13H20BrN. The van der Waals surface area contributed by atoms with Crippen LogP contribution in [-0.4, -0.2) is 25.0 Å². The van der Waals surface area contributed by atoms with Crippen molar-refractivity contribution in [2.24, 2.45) is 0 Å². The van der Waals surface area contributed by atoms with Gasteiger partial charge in [-0.3, -0.25) is 0 Å². The van der Waals surface area contributed by atoms with Crippen LogP contribution in [0.15, 0.2) is 28.7 Å². The monoisotopic (exact) mass is 269 g/mol. The van der Waals surface area contributed by atoms with E-state index in [0.29, 0.717) is 0 Å². The van der Waals surface area contributed by atoms with Crippen molar-refractivity contribution in [1.29, 1.82) is 0 Å². The molecule has 1 atom stereocenters. The van der Waals surface area contributed by atoms with Gasteiger partial charge in [0, 0.05) is 11.0 Å². The molecule has 1 aliphatic rings. The fraction of sp³-hybridized carbons (Fsp3) is 0.538. The molecule has 2 rings (SSSR count). The van der Waals surface area contributed by atoms with Crippen LogP contribution in [0.25, 0.3) is 0 Å². The van der Waals surface area contributed by atoms with Gasteiger partial charge in [-0.25, -0.2) is 0 Å². The second-order valence-electron chi connectivity index (χ2n) is 3.80. The zero-order chi connectivity index (χ0) is 11.3. The standard InChI is InChI=1S/C11H14BrN.C2H6/c1-13-7-6-10(8-13)9-2-4-11(12)5-3-9;1-2/h2-5,10H,6-8H2,1H3;1-2H3. The summed E-state index contributed by atoms with van der Waals surface area (Å²) in [5.74, 6) is 0.748. The lowest BCUT2D eigenvalue weighted by molar-refractivity contribution is 0.411. The second kappa shape index (κ2) is 6.29. The van der Waals surface area contributed by atoms with Crippen molar-refractivity contribution in [3.05, 3.63) is 34.3 Å². The van der Waals surface area contributed by atoms with E-state index in [1.165, 1.54) is 29.5 Å². The minimum absolute atomic E-state index is 0.748. The Morgan fingerprint density at radius 2 is 1.80 bits per heavy atom. The molecule has 0 N–H and O–H groups in total. The van der Waals surface area contributed by atoms with Crippen molar-refractivity contribution in [2.45, 2.75) is 26.2 Å². The first-order valence-corrected chi connectivity index (χ1v) is 6.49. The van der Waals surface area contributed by atoms with Gasteiger partial charge in [0.2, 0.25) is 0 Å². The topological polar surface area (TPSA) is 3.24 Å². The Kier molecular flexibility index (Phi) is 5.34. The Balaban J connectivity index is 0.000000531. The van der Waals surface area contributed by atoms with Gasteiger partial charge in [-0.05, 0) is 43.6 Å². The number of halogens is 1. The van der Waals surface area contributed by atoms with E-state index in [9.17, 15) is 0 Å². The van der Waals surface area contributed by atoms with Crippen molar-refractivity contribution < 1.29 is 0 Å². The van der Waals surface area contributed by atoms with E-state index in [1.807, 2.05) is 13.8 Å². The maximum atomic E-state index is 3.46. The second-order valence-corrected chi connectivity index (χ2v) is 4.72. The zero-order valence-electron chi connectivity index (χ0n) is 9.83. The van der Waals surface area contributed by atoms with Gasteiger partial charge >= 0.3 is 0 Å². The summed E-state index contributed by atoms with van der Waals surface area (Å²) in [5, 5.41) is 0. The quantitative estimate of drug-likeness (QED) is 0.748. The van der Waals surface area contributed by atoms with Gasteiger partial charge in [0.15, 0.2) is 0 Å². The predicted octanol–water partition coefficient (Wildman–Crippen LogP) is 3.89. The van der Waals surface area contributed by atoms with E-state index < -0.39 is 0 Å². The Labute approximate surface area is 102 Å². The van der Waals surface area contributed by atoms with Crippen LogP contribution in [0.5, 0.6) is 0 Å². The summed E-state index contributed by atoms with van der Waals surface area (Å²) in [4.78, 5) is 2.40. The highest BCUT2D eigenvalue weighted by Crippen LogP contribution is 2.26. The molecule has 0 bridgehead atoms. The third kappa shape index (κ3) is 3.62. The molecule has 1 aromatic carbocycles. The highest BCUT2D eigenvalue weighted by atomic mass is 79.9. The largest absolute Gasteiger partial charge is 0.306 e. The Hall–Kier alpha value is -0.340. The highest BCUT2D eigenvalue weighted by Gasteiger charge is 2.20. The average molecular weight is 270 g/mol. The van der Waals surface area contributed by atoms with Crippen molar-refractivity contribution in [1.82, 2.24) is 4.90 Å². The maximum Gasteiger partial charge on any atom is 0.0175 e. The number of hydrogen-bond donors (Lipinski definition) is 0. The normalized spacial score (nSPS) is 20.9. The molecular weight excluding hydrogens is 250 g/mol. The number of benzene rings is 1. The molecule has 0 saturated carbocycles. The minimum Gasteiger partial charge on any atom is -0.306 e. The number of likely N-dealkylation sites (tertiary alicyclic amines) is 1. The first kappa shape index (κ1) is 12.7. The summed E-state index contributed by atoms with van der Waals surface area (Å²) >= 11 is 3.46. The van der Waals surface area contributed by atoms with Gasteiger partial charge in [0.25, 0.3) is 0 Å². The Morgan fingerprint density at radius 3 is 2.27 bits per heavy atom. The van der Waals surface area contributed by atoms with Crippen molar-refractivity contribution in [3.63, 3.8) is 0 Å². The van der Waals surface area contributed by atoms with Crippen molar-refractivity contribution in [2.75, 3.05) is 20.1 Å². The van der Waals surface area contributed by atoms with Crippen LogP contribution in [0, 0.1) is 0 Å². The van der Waals surface area contributed by atoms with Gasteiger partial charge in [-0.15, -0.1) is 0 Å². The molecule has 84 valence electrons. The summed E-state index contributed by atoms with van der Waals surface area (Å²) in [6.07, 6.45) is 1.30. The summed E-state index contributed by atoms with van der Waals surface area (Å²) < 4.78 is 1.17. The van der Waals surface area contributed by atoms with E-state index >= 15 is 0 Å². The molecule has 0 radical (unpaired) electrons. The van der Waals surface area contributed by atoms with Gasteiger partial charge in [-0.2, -0.15) is 0 Å². The fourth-order valence-electron chi connectivity index (χ4n) is 1.94. The molecule has 1 heterocycles. The van der Waals surface area contributed by atoms with Crippen LogP contribution < -0.4 is 0 Å². The van der Waals surface area contributed by atoms with Gasteiger partial charge in [0.05, 0.1) is 0 Å². The molecule has 2 heteroatoms. The molecule has 1 unspecified atom stereocenters. The minimum atomic E-state index is 0.748. The average Bonchev–Trinajstić information content (AvgIpc) is 2.69. The summed E-state index contributed by atoms with van der Waals surface area (Å²) in [7, 11) is 2.19. The van der Waals surface area contributed by atoms with Gasteiger partial charge < -0.3 is 4.90 Å². The summed E-state index contributed by atoms with van der Waals surface area (Å²) in [5.41, 5.74) is 1.48. The van der Waals surface area contributed by atoms with E-state index in [4.69, 9.17) is 0 Å². The number of likely N-dealkylation sites (N-methyl/N-ethyl adjacent to an activating group) is 1. The first-order valence-electron chi connectivity index (χ1n) is 5.70. The third-order valence-electron chi connectivity index (χ3n) is 2.73. The molecule has 0 spiro atoms. The van der Waals surface area contributed by atoms with Gasteiger partial charge in [0.1, 0.15) is 0 Å². The SMILES string of the molecule is CC.CN1CCC(c2ccc(Br)cc2)C1. The molecule has 1 nitrogen and oxygen atoms in total. The van der Waals surface area contributed by atoms with Crippen LogP contribution in [0.4, 0.5) is 0 Å². The third-order valence-corrected chi connectivity index (χ3v) is 3.26. The lowest BCUT2D eigenvalue weighted by atomic mass is 9.99. The summed E-state index contributed by atoms with van der Waals surface area (Å²) in [6.45, 7) is 6.45. The van der Waals surface area contributed by atoms with Crippen LogP contribution >= 0.6 is 15.9 Å². The molecule has 1 saturated heterocycles. The number of rotatable bonds is 1. The van der Waals surface area contributed by atoms with Crippen LogP contribution in [0.3, 0.4) is 0 Å². The van der Waals surface area contributed by atoms with E-state index in [-0.39, 0.29) is 0 Å². The number of nitrogens with zero attached hydrogens (tertiary/aromatic N) is 1. The number of hydrogen-bond acceptors (Lipinski definition) is 1. The molecule has 0 aliphatic carbocycles. The van der Waals surface area contributed by atoms with Crippen LogP contribution in [-0.2, 0) is 0 Å². The Bertz CT molecular complexity index is 281. The molecule has 1 fully saturated rings. The highest BCUT2D eigenvalue weighted by molar-refractivity contribution is 9.10. The summed E-state index contributed by atoms with van der Waals surface area (Å²) in [6, 6.07) is 8.73. The molecule has 1 aromatic rings. The van der Waals surface area contributed by atoms with E-state index in [2.05, 4.69) is 52.1 Å². The van der Waals surface area contributed by atoms with E-state index in [1.54, 1.807) is 0 Å². The maximum absolute atomic E-state index is 3.46. The van der Waals surface area contributed by atoms with Crippen LogP contribution in [0.1, 0.15) is 31.7 Å². The lowest BCUT2D eigenvalue weighted by Crippen LogP contribution is -2.13. The smallest absolute Gasteiger partial charge is 0.0175 e. The molecule has 1 aliphatic heterocycles. The molecule has 0 aromatic heterocycles. The predicted molar refractivity (Wildman–Crippen MR) is 70.3 cm³/mol. The molecule has 15 heavy (non-hydrogen) atoms. The molecule has 0 amide bonds. The van der Waals surface area contributed by atoms with Crippen molar-refractivity contribution in [3.8, 4) is 0 Å². The van der Waals surface area contributed by atoms with Crippen molar-refractivity contribution >= 4 is 15.9 Å². The zero-order valence-corrected chi connectivity index (χ0v) is 11.4. The van der Waals surface area contributed by atoms with Gasteiger partial charge in [-0.1, -0.05) is 41.9 Å². The Morgan fingerprint density at radius 1 is 1.20 bits per heavy atom. The lowest BCUT2D eigenvalue weighted by Gasteiger charge is -2.10. The fourth-order valence-corrected chi connectivity index (χ4v) is 2.21. The first-order chi connectivity index (χ1) is 7.25.